The average molecular weight is 352 g/mol. The van der Waals surface area contributed by atoms with E-state index in [1.807, 2.05) is 6.92 Å². The number of aromatic nitrogens is 1. The molecular weight excluding hydrogens is 337 g/mol. The Hall–Kier alpha value is -1.95. The lowest BCUT2D eigenvalue weighted by Gasteiger charge is -2.11. The van der Waals surface area contributed by atoms with Gasteiger partial charge in [-0.05, 0) is 46.6 Å². The Balaban J connectivity index is 2.18. The topological polar surface area (TPSA) is 54.0 Å². The van der Waals surface area contributed by atoms with Crippen molar-refractivity contribution in [2.75, 3.05) is 17.2 Å². The number of hydrogen-bond acceptors (Lipinski definition) is 3. The Bertz CT molecular complexity index is 649. The largest absolute Gasteiger partial charge is 0.384 e. The number of carbonyl (C=O) groups is 1. The number of nitrogens with zero attached hydrogens (tertiary/aromatic N) is 1. The third kappa shape index (κ3) is 4.01. The first-order valence-electron chi connectivity index (χ1n) is 6.56. The van der Waals surface area contributed by atoms with Gasteiger partial charge in [0.05, 0.1) is 15.7 Å². The number of benzene rings is 1. The predicted molar refractivity (Wildman–Crippen MR) is 85.1 cm³/mol. The molecule has 0 radical (unpaired) electrons. The SMILES string of the molecule is CCCNc1ccncc1C(=O)Nc1ccc(F)c(Br)c1. The lowest BCUT2D eigenvalue weighted by Crippen LogP contribution is -2.15. The zero-order valence-electron chi connectivity index (χ0n) is 11.5. The zero-order valence-corrected chi connectivity index (χ0v) is 13.1. The molecule has 1 heterocycles. The van der Waals surface area contributed by atoms with E-state index in [0.29, 0.717) is 15.7 Å². The highest BCUT2D eigenvalue weighted by Crippen LogP contribution is 2.21. The summed E-state index contributed by atoms with van der Waals surface area (Å²) in [6, 6.07) is 6.07. The first kappa shape index (κ1) is 15.4. The van der Waals surface area contributed by atoms with Gasteiger partial charge in [-0.1, -0.05) is 6.92 Å². The van der Waals surface area contributed by atoms with E-state index in [4.69, 9.17) is 0 Å². The first-order valence-corrected chi connectivity index (χ1v) is 7.35. The molecule has 1 aromatic carbocycles. The number of rotatable bonds is 5. The van der Waals surface area contributed by atoms with Gasteiger partial charge in [-0.25, -0.2) is 4.39 Å². The summed E-state index contributed by atoms with van der Waals surface area (Å²) >= 11 is 3.09. The zero-order chi connectivity index (χ0) is 15.2. The molecule has 0 spiro atoms. The fraction of sp³-hybridized carbons (Fsp3) is 0.200. The van der Waals surface area contributed by atoms with Gasteiger partial charge in [-0.15, -0.1) is 0 Å². The van der Waals surface area contributed by atoms with Crippen LogP contribution >= 0.6 is 15.9 Å². The third-order valence-corrected chi connectivity index (χ3v) is 3.42. The van der Waals surface area contributed by atoms with Crippen LogP contribution in [0.2, 0.25) is 0 Å². The minimum absolute atomic E-state index is 0.291. The maximum atomic E-state index is 13.2. The lowest BCUT2D eigenvalue weighted by atomic mass is 10.2. The fourth-order valence-electron chi connectivity index (χ4n) is 1.76. The quantitative estimate of drug-likeness (QED) is 0.853. The number of pyridine rings is 1. The van der Waals surface area contributed by atoms with Crippen molar-refractivity contribution in [1.29, 1.82) is 0 Å². The summed E-state index contributed by atoms with van der Waals surface area (Å²) in [6.07, 6.45) is 4.09. The van der Waals surface area contributed by atoms with E-state index in [-0.39, 0.29) is 11.7 Å². The van der Waals surface area contributed by atoms with E-state index in [9.17, 15) is 9.18 Å². The van der Waals surface area contributed by atoms with E-state index < -0.39 is 0 Å². The number of anilines is 2. The van der Waals surface area contributed by atoms with Gasteiger partial charge < -0.3 is 10.6 Å². The molecule has 0 bridgehead atoms. The van der Waals surface area contributed by atoms with Crippen molar-refractivity contribution < 1.29 is 9.18 Å². The summed E-state index contributed by atoms with van der Waals surface area (Å²) in [7, 11) is 0. The summed E-state index contributed by atoms with van der Waals surface area (Å²) in [5, 5.41) is 5.91. The van der Waals surface area contributed by atoms with E-state index in [0.717, 1.165) is 18.7 Å². The molecule has 0 fully saturated rings. The van der Waals surface area contributed by atoms with Crippen molar-refractivity contribution in [3.63, 3.8) is 0 Å². The van der Waals surface area contributed by atoms with Gasteiger partial charge >= 0.3 is 0 Å². The number of carbonyl (C=O) groups excluding carboxylic acids is 1. The second kappa shape index (κ2) is 7.17. The van der Waals surface area contributed by atoms with Gasteiger partial charge in [0.1, 0.15) is 5.82 Å². The van der Waals surface area contributed by atoms with Gasteiger partial charge in [0, 0.05) is 24.6 Å². The van der Waals surface area contributed by atoms with Crippen molar-refractivity contribution in [2.45, 2.75) is 13.3 Å². The highest BCUT2D eigenvalue weighted by Gasteiger charge is 2.12. The standard InChI is InChI=1S/C15H15BrFN3O/c1-2-6-19-14-5-7-18-9-11(14)15(21)20-10-3-4-13(17)12(16)8-10/h3-5,7-9H,2,6H2,1H3,(H,18,19)(H,20,21). The van der Waals surface area contributed by atoms with Crippen LogP contribution in [0.5, 0.6) is 0 Å². The fourth-order valence-corrected chi connectivity index (χ4v) is 2.14. The molecule has 0 aliphatic carbocycles. The van der Waals surface area contributed by atoms with E-state index in [1.165, 1.54) is 24.4 Å². The maximum Gasteiger partial charge on any atom is 0.259 e. The minimum Gasteiger partial charge on any atom is -0.384 e. The number of amides is 1. The smallest absolute Gasteiger partial charge is 0.259 e. The molecule has 1 aromatic heterocycles. The average Bonchev–Trinajstić information content (AvgIpc) is 2.49. The molecule has 21 heavy (non-hydrogen) atoms. The summed E-state index contributed by atoms with van der Waals surface area (Å²) in [5.74, 6) is -0.667. The summed E-state index contributed by atoms with van der Waals surface area (Å²) in [5.41, 5.74) is 1.69. The molecule has 1 amide bonds. The van der Waals surface area contributed by atoms with Crippen LogP contribution < -0.4 is 10.6 Å². The maximum absolute atomic E-state index is 13.2. The van der Waals surface area contributed by atoms with E-state index >= 15 is 0 Å². The molecule has 4 nitrogen and oxygen atoms in total. The predicted octanol–water partition coefficient (Wildman–Crippen LogP) is 4.06. The molecule has 0 unspecified atom stereocenters. The van der Waals surface area contributed by atoms with Gasteiger partial charge in [0.25, 0.3) is 5.91 Å². The highest BCUT2D eigenvalue weighted by atomic mass is 79.9. The second-order valence-corrected chi connectivity index (χ2v) is 5.29. The Labute approximate surface area is 130 Å². The molecule has 2 aromatic rings. The van der Waals surface area contributed by atoms with Crippen LogP contribution in [0.3, 0.4) is 0 Å². The van der Waals surface area contributed by atoms with Crippen LogP contribution in [-0.4, -0.2) is 17.4 Å². The van der Waals surface area contributed by atoms with Crippen molar-refractivity contribution in [3.8, 4) is 0 Å². The van der Waals surface area contributed by atoms with E-state index in [2.05, 4.69) is 31.5 Å². The van der Waals surface area contributed by atoms with Crippen LogP contribution in [0.4, 0.5) is 15.8 Å². The Kier molecular flexibility index (Phi) is 5.27. The monoisotopic (exact) mass is 351 g/mol. The number of halogens is 2. The molecule has 0 saturated heterocycles. The molecular formula is C15H15BrFN3O. The van der Waals surface area contributed by atoms with Crippen molar-refractivity contribution >= 4 is 33.2 Å². The first-order chi connectivity index (χ1) is 10.1. The van der Waals surface area contributed by atoms with Gasteiger partial charge in [-0.3, -0.25) is 9.78 Å². The normalized spacial score (nSPS) is 10.2. The van der Waals surface area contributed by atoms with Crippen LogP contribution in [0, 0.1) is 5.82 Å². The van der Waals surface area contributed by atoms with Crippen molar-refractivity contribution in [3.05, 3.63) is 52.5 Å². The molecule has 110 valence electrons. The Morgan fingerprint density at radius 3 is 2.90 bits per heavy atom. The Morgan fingerprint density at radius 2 is 2.19 bits per heavy atom. The summed E-state index contributed by atoms with van der Waals surface area (Å²) < 4.78 is 13.5. The van der Waals surface area contributed by atoms with Gasteiger partial charge in [0.2, 0.25) is 0 Å². The van der Waals surface area contributed by atoms with Crippen molar-refractivity contribution in [1.82, 2.24) is 4.98 Å². The molecule has 0 saturated carbocycles. The van der Waals surface area contributed by atoms with Gasteiger partial charge in [0.15, 0.2) is 0 Å². The van der Waals surface area contributed by atoms with Crippen LogP contribution in [0.1, 0.15) is 23.7 Å². The van der Waals surface area contributed by atoms with Crippen LogP contribution in [-0.2, 0) is 0 Å². The minimum atomic E-state index is -0.375. The van der Waals surface area contributed by atoms with Crippen molar-refractivity contribution in [2.24, 2.45) is 0 Å². The van der Waals surface area contributed by atoms with Crippen LogP contribution in [0.15, 0.2) is 41.1 Å². The molecule has 0 aliphatic heterocycles. The number of nitrogens with one attached hydrogen (secondary N) is 2. The second-order valence-electron chi connectivity index (χ2n) is 4.43. The molecule has 2 rings (SSSR count). The number of hydrogen-bond donors (Lipinski definition) is 2. The molecule has 0 atom stereocenters. The molecule has 0 aliphatic rings. The molecule has 2 N–H and O–H groups in total. The Morgan fingerprint density at radius 1 is 1.38 bits per heavy atom. The molecule has 6 heteroatoms. The lowest BCUT2D eigenvalue weighted by molar-refractivity contribution is 0.102. The van der Waals surface area contributed by atoms with Crippen LogP contribution in [0.25, 0.3) is 0 Å². The summed E-state index contributed by atoms with van der Waals surface area (Å²) in [4.78, 5) is 16.3. The highest BCUT2D eigenvalue weighted by molar-refractivity contribution is 9.10. The van der Waals surface area contributed by atoms with Gasteiger partial charge in [-0.2, -0.15) is 0 Å². The third-order valence-electron chi connectivity index (χ3n) is 2.81. The summed E-state index contributed by atoms with van der Waals surface area (Å²) in [6.45, 7) is 2.82. The van der Waals surface area contributed by atoms with E-state index in [1.54, 1.807) is 12.3 Å².